The summed E-state index contributed by atoms with van der Waals surface area (Å²) in [4.78, 5) is 16.2. The van der Waals surface area contributed by atoms with Crippen LogP contribution in [-0.2, 0) is 9.53 Å². The van der Waals surface area contributed by atoms with Gasteiger partial charge in [-0.3, -0.25) is 9.69 Å². The first-order valence-corrected chi connectivity index (χ1v) is 6.58. The lowest BCUT2D eigenvalue weighted by Gasteiger charge is -2.25. The minimum atomic E-state index is 0.161. The van der Waals surface area contributed by atoms with E-state index >= 15 is 0 Å². The van der Waals surface area contributed by atoms with Crippen LogP contribution in [0.15, 0.2) is 12.7 Å². The third kappa shape index (κ3) is 5.62. The van der Waals surface area contributed by atoms with E-state index in [1.165, 1.54) is 0 Å². The first-order valence-electron chi connectivity index (χ1n) is 6.58. The number of nitrogens with one attached hydrogen (secondary N) is 1. The van der Waals surface area contributed by atoms with Gasteiger partial charge in [0.1, 0.15) is 0 Å². The third-order valence-corrected chi connectivity index (χ3v) is 3.06. The molecule has 1 fully saturated rings. The monoisotopic (exact) mass is 255 g/mol. The average molecular weight is 255 g/mol. The molecular formula is C13H25N3O2. The Hall–Kier alpha value is -0.910. The molecule has 5 nitrogen and oxygen atoms in total. The highest BCUT2D eigenvalue weighted by Gasteiger charge is 2.17. The quantitative estimate of drug-likeness (QED) is 0.648. The first-order chi connectivity index (χ1) is 8.77. The standard InChI is InChI=1S/C13H25N3O2/c1-3-7-16(10-11-18-2)13(17)12-15-8-4-5-14-6-9-15/h3,14H,1,4-12H2,2H3. The van der Waals surface area contributed by atoms with Crippen LogP contribution in [0, 0.1) is 0 Å². The van der Waals surface area contributed by atoms with Crippen molar-refractivity contribution in [2.75, 3.05) is 59.5 Å². The molecule has 0 aromatic rings. The fraction of sp³-hybridized carbons (Fsp3) is 0.769. The molecule has 0 bridgehead atoms. The molecule has 0 atom stereocenters. The van der Waals surface area contributed by atoms with Crippen LogP contribution in [-0.4, -0.2) is 75.2 Å². The van der Waals surface area contributed by atoms with Gasteiger partial charge in [0.25, 0.3) is 0 Å². The molecule has 0 aliphatic carbocycles. The zero-order valence-electron chi connectivity index (χ0n) is 11.4. The van der Waals surface area contributed by atoms with Crippen molar-refractivity contribution >= 4 is 5.91 Å². The van der Waals surface area contributed by atoms with Crippen molar-refractivity contribution in [1.29, 1.82) is 0 Å². The predicted molar refractivity (Wildman–Crippen MR) is 72.6 cm³/mol. The molecule has 1 aliphatic heterocycles. The highest BCUT2D eigenvalue weighted by Crippen LogP contribution is 1.99. The van der Waals surface area contributed by atoms with Crippen molar-refractivity contribution in [3.05, 3.63) is 12.7 Å². The van der Waals surface area contributed by atoms with E-state index in [-0.39, 0.29) is 5.91 Å². The summed E-state index contributed by atoms with van der Waals surface area (Å²) >= 11 is 0. The summed E-state index contributed by atoms with van der Waals surface area (Å²) < 4.78 is 5.03. The van der Waals surface area contributed by atoms with Crippen LogP contribution in [0.4, 0.5) is 0 Å². The van der Waals surface area contributed by atoms with Crippen molar-refractivity contribution in [2.45, 2.75) is 6.42 Å². The lowest BCUT2D eigenvalue weighted by molar-refractivity contribution is -0.132. The van der Waals surface area contributed by atoms with Crippen molar-refractivity contribution in [3.63, 3.8) is 0 Å². The van der Waals surface area contributed by atoms with Gasteiger partial charge in [0.15, 0.2) is 0 Å². The van der Waals surface area contributed by atoms with E-state index in [1.807, 2.05) is 0 Å². The van der Waals surface area contributed by atoms with E-state index in [4.69, 9.17) is 4.74 Å². The Morgan fingerprint density at radius 1 is 1.50 bits per heavy atom. The van der Waals surface area contributed by atoms with Gasteiger partial charge in [-0.2, -0.15) is 0 Å². The van der Waals surface area contributed by atoms with Gasteiger partial charge in [-0.15, -0.1) is 6.58 Å². The van der Waals surface area contributed by atoms with Crippen LogP contribution in [0.2, 0.25) is 0 Å². The van der Waals surface area contributed by atoms with E-state index < -0.39 is 0 Å². The number of carbonyl (C=O) groups is 1. The fourth-order valence-corrected chi connectivity index (χ4v) is 2.03. The van der Waals surface area contributed by atoms with E-state index in [9.17, 15) is 4.79 Å². The normalized spacial score (nSPS) is 17.2. The van der Waals surface area contributed by atoms with Gasteiger partial charge < -0.3 is 15.0 Å². The predicted octanol–water partition coefficient (Wildman–Crippen LogP) is -0.0573. The highest BCUT2D eigenvalue weighted by atomic mass is 16.5. The molecule has 0 aromatic heterocycles. The minimum Gasteiger partial charge on any atom is -0.383 e. The number of amides is 1. The number of carbonyl (C=O) groups excluding carboxylic acids is 1. The zero-order valence-corrected chi connectivity index (χ0v) is 11.4. The van der Waals surface area contributed by atoms with E-state index in [0.717, 1.165) is 32.6 Å². The number of methoxy groups -OCH3 is 1. The Balaban J connectivity index is 2.40. The molecule has 0 saturated carbocycles. The Bertz CT molecular complexity index is 251. The topological polar surface area (TPSA) is 44.8 Å². The van der Waals surface area contributed by atoms with Crippen LogP contribution >= 0.6 is 0 Å². The van der Waals surface area contributed by atoms with Gasteiger partial charge >= 0.3 is 0 Å². The van der Waals surface area contributed by atoms with Crippen molar-refractivity contribution in [3.8, 4) is 0 Å². The van der Waals surface area contributed by atoms with Gasteiger partial charge in [-0.1, -0.05) is 6.08 Å². The highest BCUT2D eigenvalue weighted by molar-refractivity contribution is 5.78. The Labute approximate surface area is 110 Å². The number of ether oxygens (including phenoxy) is 1. The number of hydrogen-bond donors (Lipinski definition) is 1. The van der Waals surface area contributed by atoms with Gasteiger partial charge in [-0.05, 0) is 19.5 Å². The van der Waals surface area contributed by atoms with Crippen LogP contribution in [0.3, 0.4) is 0 Å². The van der Waals surface area contributed by atoms with Crippen LogP contribution < -0.4 is 5.32 Å². The second-order valence-corrected chi connectivity index (χ2v) is 4.50. The third-order valence-electron chi connectivity index (χ3n) is 3.06. The van der Waals surface area contributed by atoms with E-state index in [1.54, 1.807) is 18.1 Å². The SMILES string of the molecule is C=CCN(CCOC)C(=O)CN1CCCNCC1. The fourth-order valence-electron chi connectivity index (χ4n) is 2.03. The van der Waals surface area contributed by atoms with Crippen molar-refractivity contribution in [1.82, 2.24) is 15.1 Å². The lowest BCUT2D eigenvalue weighted by Crippen LogP contribution is -2.42. The Morgan fingerprint density at radius 2 is 2.33 bits per heavy atom. The summed E-state index contributed by atoms with van der Waals surface area (Å²) in [5.74, 6) is 0.161. The smallest absolute Gasteiger partial charge is 0.237 e. The molecule has 18 heavy (non-hydrogen) atoms. The maximum atomic E-state index is 12.2. The molecule has 1 heterocycles. The van der Waals surface area contributed by atoms with Crippen molar-refractivity contribution in [2.24, 2.45) is 0 Å². The molecule has 104 valence electrons. The van der Waals surface area contributed by atoms with Gasteiger partial charge in [0.2, 0.25) is 5.91 Å². The average Bonchev–Trinajstić information content (AvgIpc) is 2.63. The largest absolute Gasteiger partial charge is 0.383 e. The summed E-state index contributed by atoms with van der Waals surface area (Å²) in [5.41, 5.74) is 0. The van der Waals surface area contributed by atoms with Gasteiger partial charge in [0.05, 0.1) is 13.2 Å². The molecule has 0 unspecified atom stereocenters. The summed E-state index contributed by atoms with van der Waals surface area (Å²) in [5, 5.41) is 3.34. The zero-order chi connectivity index (χ0) is 13.2. The molecule has 0 aromatic carbocycles. The van der Waals surface area contributed by atoms with Crippen LogP contribution in [0.5, 0.6) is 0 Å². The summed E-state index contributed by atoms with van der Waals surface area (Å²) in [6.45, 7) is 9.93. The molecule has 1 aliphatic rings. The summed E-state index contributed by atoms with van der Waals surface area (Å²) in [7, 11) is 1.65. The summed E-state index contributed by atoms with van der Waals surface area (Å²) in [6.07, 6.45) is 2.87. The summed E-state index contributed by atoms with van der Waals surface area (Å²) in [6, 6.07) is 0. The Kier molecular flexibility index (Phi) is 7.64. The second-order valence-electron chi connectivity index (χ2n) is 4.50. The number of nitrogens with zero attached hydrogens (tertiary/aromatic N) is 2. The van der Waals surface area contributed by atoms with Crippen LogP contribution in [0.1, 0.15) is 6.42 Å². The van der Waals surface area contributed by atoms with Crippen molar-refractivity contribution < 1.29 is 9.53 Å². The molecule has 1 N–H and O–H groups in total. The molecule has 5 heteroatoms. The van der Waals surface area contributed by atoms with Crippen LogP contribution in [0.25, 0.3) is 0 Å². The Morgan fingerprint density at radius 3 is 3.06 bits per heavy atom. The maximum absolute atomic E-state index is 12.2. The molecule has 1 amide bonds. The van der Waals surface area contributed by atoms with Gasteiger partial charge in [0, 0.05) is 33.3 Å². The van der Waals surface area contributed by atoms with E-state index in [2.05, 4.69) is 16.8 Å². The molecule has 0 radical (unpaired) electrons. The van der Waals surface area contributed by atoms with Gasteiger partial charge in [-0.25, -0.2) is 0 Å². The second kappa shape index (κ2) is 9.08. The molecular weight excluding hydrogens is 230 g/mol. The molecule has 1 saturated heterocycles. The lowest BCUT2D eigenvalue weighted by atomic mass is 10.3. The van der Waals surface area contributed by atoms with E-state index in [0.29, 0.717) is 26.2 Å². The molecule has 0 spiro atoms. The first kappa shape index (κ1) is 15.1. The maximum Gasteiger partial charge on any atom is 0.237 e. The molecule has 1 rings (SSSR count). The minimum absolute atomic E-state index is 0.161. The number of hydrogen-bond acceptors (Lipinski definition) is 4. The number of rotatable bonds is 7.